The van der Waals surface area contributed by atoms with Gasteiger partial charge in [-0.3, -0.25) is 9.48 Å². The van der Waals surface area contributed by atoms with Crippen molar-refractivity contribution in [2.75, 3.05) is 11.4 Å². The summed E-state index contributed by atoms with van der Waals surface area (Å²) in [7, 11) is 0. The third kappa shape index (κ3) is 3.06. The van der Waals surface area contributed by atoms with E-state index in [1.54, 1.807) is 27.8 Å². The molecule has 3 aromatic rings. The molecule has 0 spiro atoms. The maximum absolute atomic E-state index is 13.1. The second kappa shape index (κ2) is 6.63. The van der Waals surface area contributed by atoms with Gasteiger partial charge in [-0.15, -0.1) is 0 Å². The van der Waals surface area contributed by atoms with Crippen molar-refractivity contribution in [3.8, 4) is 5.75 Å². The number of benzene rings is 2. The lowest BCUT2D eigenvalue weighted by molar-refractivity contribution is 0.0962. The normalized spacial score (nSPS) is 13.6. The highest BCUT2D eigenvalue weighted by Gasteiger charge is 2.27. The minimum Gasteiger partial charge on any atom is -0.487 e. The number of hydrogen-bond acceptors (Lipinski definition) is 3. The lowest BCUT2D eigenvalue weighted by atomic mass is 10.2. The molecule has 0 fully saturated rings. The van der Waals surface area contributed by atoms with Crippen molar-refractivity contribution in [3.63, 3.8) is 0 Å². The van der Waals surface area contributed by atoms with Gasteiger partial charge in [-0.25, -0.2) is 4.39 Å². The van der Waals surface area contributed by atoms with Crippen LogP contribution < -0.4 is 9.64 Å². The van der Waals surface area contributed by atoms with Crippen LogP contribution in [0.1, 0.15) is 21.7 Å². The number of para-hydroxylation sites is 1. The fourth-order valence-corrected chi connectivity index (χ4v) is 3.06. The zero-order valence-electron chi connectivity index (χ0n) is 14.4. The topological polar surface area (TPSA) is 47.4 Å². The van der Waals surface area contributed by atoms with Crippen molar-refractivity contribution in [3.05, 3.63) is 77.4 Å². The highest BCUT2D eigenvalue weighted by Crippen LogP contribution is 2.23. The van der Waals surface area contributed by atoms with Crippen LogP contribution in [0.3, 0.4) is 0 Å². The van der Waals surface area contributed by atoms with Gasteiger partial charge in [0.2, 0.25) is 0 Å². The number of carbonyl (C=O) groups excluding carboxylic acids is 1. The number of ether oxygens (including phenoxy) is 1. The molecule has 6 heteroatoms. The van der Waals surface area contributed by atoms with E-state index in [-0.39, 0.29) is 11.7 Å². The minimum absolute atomic E-state index is 0.141. The summed E-state index contributed by atoms with van der Waals surface area (Å²) in [6, 6.07) is 15.5. The van der Waals surface area contributed by atoms with Crippen molar-refractivity contribution in [2.45, 2.75) is 20.1 Å². The molecular formula is C20H18FN3O2. The molecule has 26 heavy (non-hydrogen) atoms. The van der Waals surface area contributed by atoms with Gasteiger partial charge >= 0.3 is 0 Å². The molecule has 1 amide bonds. The number of amides is 1. The van der Waals surface area contributed by atoms with Crippen molar-refractivity contribution in [1.29, 1.82) is 0 Å². The summed E-state index contributed by atoms with van der Waals surface area (Å²) < 4.78 is 20.6. The summed E-state index contributed by atoms with van der Waals surface area (Å²) >= 11 is 0. The van der Waals surface area contributed by atoms with E-state index < -0.39 is 0 Å². The number of halogens is 1. The van der Waals surface area contributed by atoms with Crippen LogP contribution >= 0.6 is 0 Å². The monoisotopic (exact) mass is 351 g/mol. The van der Waals surface area contributed by atoms with Crippen LogP contribution in [0.15, 0.2) is 54.6 Å². The van der Waals surface area contributed by atoms with Gasteiger partial charge in [0, 0.05) is 12.2 Å². The van der Waals surface area contributed by atoms with Crippen LogP contribution in [0.2, 0.25) is 0 Å². The second-order valence-corrected chi connectivity index (χ2v) is 6.23. The van der Waals surface area contributed by atoms with Gasteiger partial charge in [0.15, 0.2) is 0 Å². The van der Waals surface area contributed by atoms with Crippen molar-refractivity contribution < 1.29 is 13.9 Å². The Balaban J connectivity index is 1.52. The van der Waals surface area contributed by atoms with Crippen LogP contribution in [0.5, 0.6) is 5.75 Å². The number of aromatic nitrogens is 2. The van der Waals surface area contributed by atoms with Gasteiger partial charge in [-0.05, 0) is 48.9 Å². The Kier molecular flexibility index (Phi) is 4.16. The summed E-state index contributed by atoms with van der Waals surface area (Å²) in [4.78, 5) is 14.4. The van der Waals surface area contributed by atoms with E-state index in [0.29, 0.717) is 36.8 Å². The number of carbonyl (C=O) groups is 1. The third-order valence-electron chi connectivity index (χ3n) is 4.44. The van der Waals surface area contributed by atoms with E-state index in [1.165, 1.54) is 12.1 Å². The second-order valence-electron chi connectivity index (χ2n) is 6.23. The van der Waals surface area contributed by atoms with Crippen LogP contribution in [0.4, 0.5) is 10.1 Å². The maximum atomic E-state index is 13.1. The van der Waals surface area contributed by atoms with E-state index >= 15 is 0 Å². The van der Waals surface area contributed by atoms with Gasteiger partial charge in [0.25, 0.3) is 5.91 Å². The molecule has 0 atom stereocenters. The average molecular weight is 351 g/mol. The molecule has 5 nitrogen and oxygen atoms in total. The van der Waals surface area contributed by atoms with E-state index in [9.17, 15) is 9.18 Å². The molecule has 0 aliphatic carbocycles. The molecule has 2 heterocycles. The van der Waals surface area contributed by atoms with E-state index in [2.05, 4.69) is 5.10 Å². The Morgan fingerprint density at radius 3 is 2.65 bits per heavy atom. The first-order valence-corrected chi connectivity index (χ1v) is 8.44. The molecule has 0 radical (unpaired) electrons. The Morgan fingerprint density at radius 1 is 1.12 bits per heavy atom. The average Bonchev–Trinajstić information content (AvgIpc) is 3.06. The fourth-order valence-electron chi connectivity index (χ4n) is 3.06. The summed E-state index contributed by atoms with van der Waals surface area (Å²) in [5, 5.41) is 4.47. The third-order valence-corrected chi connectivity index (χ3v) is 4.44. The molecule has 4 rings (SSSR count). The predicted molar refractivity (Wildman–Crippen MR) is 95.8 cm³/mol. The molecule has 1 aromatic heterocycles. The van der Waals surface area contributed by atoms with Gasteiger partial charge in [0.1, 0.15) is 29.6 Å². The Morgan fingerprint density at radius 2 is 1.88 bits per heavy atom. The summed E-state index contributed by atoms with van der Waals surface area (Å²) in [6.45, 7) is 3.37. The fraction of sp³-hybridized carbons (Fsp3) is 0.200. The standard InChI is InChI=1S/C20H18FN3O2/c1-14-4-2-3-5-19(14)26-13-16-12-18-20(25)23(10-11-24(18)22-16)17-8-6-15(21)7-9-17/h2-9,12H,10-11,13H2,1H3. The van der Waals surface area contributed by atoms with E-state index in [1.807, 2.05) is 31.2 Å². The summed E-state index contributed by atoms with van der Waals surface area (Å²) in [5.74, 6) is 0.342. The number of rotatable bonds is 4. The quantitative estimate of drug-likeness (QED) is 0.722. The first kappa shape index (κ1) is 16.3. The zero-order valence-corrected chi connectivity index (χ0v) is 14.4. The smallest absolute Gasteiger partial charge is 0.276 e. The molecule has 1 aliphatic heterocycles. The highest BCUT2D eigenvalue weighted by molar-refractivity contribution is 6.05. The first-order valence-electron chi connectivity index (χ1n) is 8.44. The van der Waals surface area contributed by atoms with Crippen LogP contribution in [0, 0.1) is 12.7 Å². The predicted octanol–water partition coefficient (Wildman–Crippen LogP) is 3.57. The number of fused-ring (bicyclic) bond motifs is 1. The molecule has 0 N–H and O–H groups in total. The van der Waals surface area contributed by atoms with Crippen molar-refractivity contribution >= 4 is 11.6 Å². The molecule has 0 saturated heterocycles. The Bertz CT molecular complexity index is 950. The van der Waals surface area contributed by atoms with Gasteiger partial charge in [-0.2, -0.15) is 5.10 Å². The molecule has 0 saturated carbocycles. The lowest BCUT2D eigenvalue weighted by Crippen LogP contribution is -2.40. The van der Waals surface area contributed by atoms with Gasteiger partial charge < -0.3 is 9.64 Å². The number of aryl methyl sites for hydroxylation is 1. The summed E-state index contributed by atoms with van der Waals surface area (Å²) in [6.07, 6.45) is 0. The van der Waals surface area contributed by atoms with E-state index in [4.69, 9.17) is 4.74 Å². The minimum atomic E-state index is -0.320. The largest absolute Gasteiger partial charge is 0.487 e. The van der Waals surface area contributed by atoms with E-state index in [0.717, 1.165) is 11.3 Å². The number of anilines is 1. The highest BCUT2D eigenvalue weighted by atomic mass is 19.1. The maximum Gasteiger partial charge on any atom is 0.276 e. The zero-order chi connectivity index (χ0) is 18.1. The molecular weight excluding hydrogens is 333 g/mol. The Hall–Kier alpha value is -3.15. The van der Waals surface area contributed by atoms with Gasteiger partial charge in [-0.1, -0.05) is 18.2 Å². The SMILES string of the molecule is Cc1ccccc1OCc1cc2n(n1)CCN(c1ccc(F)cc1)C2=O. The lowest BCUT2D eigenvalue weighted by Gasteiger charge is -2.27. The number of nitrogens with zero attached hydrogens (tertiary/aromatic N) is 3. The molecule has 132 valence electrons. The van der Waals surface area contributed by atoms with Gasteiger partial charge in [0.05, 0.1) is 6.54 Å². The van der Waals surface area contributed by atoms with Crippen LogP contribution in [-0.2, 0) is 13.2 Å². The van der Waals surface area contributed by atoms with Crippen LogP contribution in [0.25, 0.3) is 0 Å². The molecule has 1 aliphatic rings. The summed E-state index contributed by atoms with van der Waals surface area (Å²) in [5.41, 5.74) is 2.96. The van der Waals surface area contributed by atoms with Crippen molar-refractivity contribution in [2.24, 2.45) is 0 Å². The van der Waals surface area contributed by atoms with Crippen LogP contribution in [-0.4, -0.2) is 22.2 Å². The number of hydrogen-bond donors (Lipinski definition) is 0. The first-order chi connectivity index (χ1) is 12.6. The molecule has 0 unspecified atom stereocenters. The molecule has 0 bridgehead atoms. The Labute approximate surface area is 150 Å². The van der Waals surface area contributed by atoms with Crippen molar-refractivity contribution in [1.82, 2.24) is 9.78 Å². The molecule has 2 aromatic carbocycles.